The molecular formula is C14H13BrClN3OS. The van der Waals surface area contributed by atoms with Gasteiger partial charge in [-0.05, 0) is 53.2 Å². The second-order valence-electron chi connectivity index (χ2n) is 4.30. The molecule has 0 spiro atoms. The Morgan fingerprint density at radius 1 is 1.43 bits per heavy atom. The van der Waals surface area contributed by atoms with Crippen LogP contribution < -0.4 is 11.1 Å². The molecule has 0 radical (unpaired) electrons. The van der Waals surface area contributed by atoms with Gasteiger partial charge < -0.3 is 11.1 Å². The van der Waals surface area contributed by atoms with Crippen molar-refractivity contribution >= 4 is 56.6 Å². The van der Waals surface area contributed by atoms with E-state index in [1.165, 1.54) is 11.8 Å². The summed E-state index contributed by atoms with van der Waals surface area (Å²) in [6.45, 7) is 1.82. The van der Waals surface area contributed by atoms with Gasteiger partial charge >= 0.3 is 0 Å². The molecule has 0 bridgehead atoms. The standard InChI is InChI=1S/C14H13BrClN3OS/c1-8(21-13-5-2-9(15)7-18-13)14(20)19-10-3-4-11(16)12(17)6-10/h2-8H,17H2,1H3,(H,19,20). The normalized spacial score (nSPS) is 12.0. The van der Waals surface area contributed by atoms with Gasteiger partial charge in [-0.3, -0.25) is 4.79 Å². The number of nitrogens with two attached hydrogens (primary N) is 1. The first-order valence-electron chi connectivity index (χ1n) is 6.10. The molecule has 21 heavy (non-hydrogen) atoms. The lowest BCUT2D eigenvalue weighted by Gasteiger charge is -2.12. The minimum Gasteiger partial charge on any atom is -0.397 e. The lowest BCUT2D eigenvalue weighted by atomic mass is 10.2. The zero-order valence-electron chi connectivity index (χ0n) is 11.1. The number of rotatable bonds is 4. The number of hydrogen-bond donors (Lipinski definition) is 2. The predicted octanol–water partition coefficient (Wildman–Crippen LogP) is 4.20. The Balaban J connectivity index is 1.98. The number of benzene rings is 1. The van der Waals surface area contributed by atoms with Crippen LogP contribution in [0.15, 0.2) is 46.0 Å². The third kappa shape index (κ3) is 4.62. The molecule has 110 valence electrons. The van der Waals surface area contributed by atoms with Crippen molar-refractivity contribution in [3.05, 3.63) is 46.0 Å². The highest BCUT2D eigenvalue weighted by molar-refractivity contribution is 9.10. The number of thioether (sulfide) groups is 1. The number of amides is 1. The van der Waals surface area contributed by atoms with E-state index in [9.17, 15) is 4.79 Å². The van der Waals surface area contributed by atoms with Crippen LogP contribution in [-0.2, 0) is 4.79 Å². The van der Waals surface area contributed by atoms with Gasteiger partial charge in [-0.15, -0.1) is 0 Å². The number of nitrogens with one attached hydrogen (secondary N) is 1. The Labute approximate surface area is 140 Å². The Hall–Kier alpha value is -1.24. The monoisotopic (exact) mass is 385 g/mol. The summed E-state index contributed by atoms with van der Waals surface area (Å²) in [5, 5.41) is 3.78. The minimum absolute atomic E-state index is 0.119. The van der Waals surface area contributed by atoms with Crippen LogP contribution in [0.5, 0.6) is 0 Å². The molecular weight excluding hydrogens is 374 g/mol. The van der Waals surface area contributed by atoms with E-state index in [1.807, 2.05) is 19.1 Å². The smallest absolute Gasteiger partial charge is 0.237 e. The SMILES string of the molecule is CC(Sc1ccc(Br)cn1)C(=O)Nc1ccc(Cl)c(N)c1. The molecule has 4 nitrogen and oxygen atoms in total. The first kappa shape index (κ1) is 16.1. The minimum atomic E-state index is -0.282. The van der Waals surface area contributed by atoms with Crippen molar-refractivity contribution in [2.24, 2.45) is 0 Å². The van der Waals surface area contributed by atoms with E-state index in [1.54, 1.807) is 24.4 Å². The molecule has 2 rings (SSSR count). The highest BCUT2D eigenvalue weighted by Crippen LogP contribution is 2.25. The van der Waals surface area contributed by atoms with Gasteiger partial charge in [-0.1, -0.05) is 23.4 Å². The number of carbonyl (C=O) groups is 1. The Kier molecular flexibility index (Phi) is 5.50. The van der Waals surface area contributed by atoms with Crippen LogP contribution in [-0.4, -0.2) is 16.1 Å². The predicted molar refractivity (Wildman–Crippen MR) is 91.8 cm³/mol. The lowest BCUT2D eigenvalue weighted by molar-refractivity contribution is -0.115. The topological polar surface area (TPSA) is 68.0 Å². The summed E-state index contributed by atoms with van der Waals surface area (Å²) in [6, 6.07) is 8.75. The van der Waals surface area contributed by atoms with Crippen molar-refractivity contribution in [3.8, 4) is 0 Å². The maximum atomic E-state index is 12.1. The van der Waals surface area contributed by atoms with E-state index in [2.05, 4.69) is 26.2 Å². The van der Waals surface area contributed by atoms with Gasteiger partial charge in [-0.25, -0.2) is 4.98 Å². The fourth-order valence-corrected chi connectivity index (χ4v) is 2.67. The number of hydrogen-bond acceptors (Lipinski definition) is 4. The maximum absolute atomic E-state index is 12.1. The van der Waals surface area contributed by atoms with E-state index < -0.39 is 0 Å². The Bertz CT molecular complexity index is 651. The van der Waals surface area contributed by atoms with E-state index in [0.29, 0.717) is 16.4 Å². The van der Waals surface area contributed by atoms with Crippen molar-refractivity contribution in [3.63, 3.8) is 0 Å². The van der Waals surface area contributed by atoms with Crippen molar-refractivity contribution in [1.29, 1.82) is 0 Å². The fourth-order valence-electron chi connectivity index (χ4n) is 1.53. The molecule has 2 aromatic rings. The Morgan fingerprint density at radius 2 is 2.19 bits per heavy atom. The molecule has 0 aliphatic carbocycles. The number of halogens is 2. The Morgan fingerprint density at radius 3 is 2.81 bits per heavy atom. The average Bonchev–Trinajstić information content (AvgIpc) is 2.45. The van der Waals surface area contributed by atoms with Gasteiger partial charge in [0.2, 0.25) is 5.91 Å². The van der Waals surface area contributed by atoms with Gasteiger partial charge in [0.1, 0.15) is 0 Å². The number of anilines is 2. The number of nitrogen functional groups attached to an aromatic ring is 1. The molecule has 1 aromatic carbocycles. The number of pyridine rings is 1. The van der Waals surface area contributed by atoms with Crippen LogP contribution in [0.4, 0.5) is 11.4 Å². The summed E-state index contributed by atoms with van der Waals surface area (Å²) in [6.07, 6.45) is 1.70. The quantitative estimate of drug-likeness (QED) is 0.610. The van der Waals surface area contributed by atoms with Gasteiger partial charge in [0.15, 0.2) is 0 Å². The number of aromatic nitrogens is 1. The molecule has 0 fully saturated rings. The number of nitrogens with zero attached hydrogens (tertiary/aromatic N) is 1. The van der Waals surface area contributed by atoms with E-state index in [4.69, 9.17) is 17.3 Å². The maximum Gasteiger partial charge on any atom is 0.237 e. The average molecular weight is 387 g/mol. The molecule has 0 saturated carbocycles. The van der Waals surface area contributed by atoms with E-state index in [-0.39, 0.29) is 11.2 Å². The largest absolute Gasteiger partial charge is 0.397 e. The molecule has 1 heterocycles. The molecule has 0 saturated heterocycles. The van der Waals surface area contributed by atoms with Crippen LogP contribution >= 0.6 is 39.3 Å². The first-order valence-corrected chi connectivity index (χ1v) is 8.15. The van der Waals surface area contributed by atoms with Gasteiger partial charge in [-0.2, -0.15) is 0 Å². The summed E-state index contributed by atoms with van der Waals surface area (Å²) < 4.78 is 0.903. The first-order chi connectivity index (χ1) is 9.95. The summed E-state index contributed by atoms with van der Waals surface area (Å²) in [5.74, 6) is -0.119. The highest BCUT2D eigenvalue weighted by atomic mass is 79.9. The van der Waals surface area contributed by atoms with E-state index >= 15 is 0 Å². The summed E-state index contributed by atoms with van der Waals surface area (Å²) in [7, 11) is 0. The van der Waals surface area contributed by atoms with E-state index in [0.717, 1.165) is 9.50 Å². The molecule has 1 aromatic heterocycles. The van der Waals surface area contributed by atoms with Crippen molar-refractivity contribution in [2.75, 3.05) is 11.1 Å². The summed E-state index contributed by atoms with van der Waals surface area (Å²) in [4.78, 5) is 16.4. The van der Waals surface area contributed by atoms with Gasteiger partial charge in [0.25, 0.3) is 0 Å². The van der Waals surface area contributed by atoms with Gasteiger partial charge in [0, 0.05) is 16.4 Å². The van der Waals surface area contributed by atoms with Crippen molar-refractivity contribution in [2.45, 2.75) is 17.2 Å². The molecule has 7 heteroatoms. The fraction of sp³-hybridized carbons (Fsp3) is 0.143. The molecule has 1 unspecified atom stereocenters. The van der Waals surface area contributed by atoms with Gasteiger partial charge in [0.05, 0.1) is 21.0 Å². The highest BCUT2D eigenvalue weighted by Gasteiger charge is 2.15. The van der Waals surface area contributed by atoms with Crippen molar-refractivity contribution < 1.29 is 4.79 Å². The van der Waals surface area contributed by atoms with Crippen LogP contribution in [0, 0.1) is 0 Å². The summed E-state index contributed by atoms with van der Waals surface area (Å²) >= 11 is 10.6. The molecule has 1 atom stereocenters. The van der Waals surface area contributed by atoms with Crippen LogP contribution in [0.3, 0.4) is 0 Å². The van der Waals surface area contributed by atoms with Crippen molar-refractivity contribution in [1.82, 2.24) is 4.98 Å². The molecule has 0 aliphatic rings. The molecule has 1 amide bonds. The third-order valence-corrected chi connectivity index (χ3v) is 4.49. The lowest BCUT2D eigenvalue weighted by Crippen LogP contribution is -2.22. The zero-order chi connectivity index (χ0) is 15.4. The van der Waals surface area contributed by atoms with Crippen LogP contribution in [0.25, 0.3) is 0 Å². The summed E-state index contributed by atoms with van der Waals surface area (Å²) in [5.41, 5.74) is 6.77. The van der Waals surface area contributed by atoms with Crippen LogP contribution in [0.2, 0.25) is 5.02 Å². The van der Waals surface area contributed by atoms with Crippen LogP contribution in [0.1, 0.15) is 6.92 Å². The zero-order valence-corrected chi connectivity index (χ0v) is 14.3. The molecule has 3 N–H and O–H groups in total. The molecule has 0 aliphatic heterocycles. The second-order valence-corrected chi connectivity index (χ2v) is 6.98. The number of carbonyl (C=O) groups excluding carboxylic acids is 1. The second kappa shape index (κ2) is 7.15. The third-order valence-electron chi connectivity index (χ3n) is 2.63.